The van der Waals surface area contributed by atoms with Gasteiger partial charge < -0.3 is 10.6 Å². The molecule has 2 rings (SSSR count). The Morgan fingerprint density at radius 2 is 2.16 bits per heavy atom. The summed E-state index contributed by atoms with van der Waals surface area (Å²) in [6, 6.07) is 6.02. The predicted octanol–water partition coefficient (Wildman–Crippen LogP) is 2.50. The van der Waals surface area contributed by atoms with Gasteiger partial charge in [0.25, 0.3) is 5.91 Å². The molecule has 0 radical (unpaired) electrons. The number of carbonyl (C=O) groups is 1. The lowest BCUT2D eigenvalue weighted by Gasteiger charge is -2.21. The monoisotopic (exact) mass is 260 g/mol. The first-order valence-electron chi connectivity index (χ1n) is 7.07. The van der Waals surface area contributed by atoms with Crippen LogP contribution in [0.3, 0.4) is 0 Å². The summed E-state index contributed by atoms with van der Waals surface area (Å²) >= 11 is 0. The van der Waals surface area contributed by atoms with Crippen molar-refractivity contribution >= 4 is 5.91 Å². The molecule has 1 heterocycles. The van der Waals surface area contributed by atoms with Gasteiger partial charge >= 0.3 is 0 Å². The fourth-order valence-corrected chi connectivity index (χ4v) is 2.39. The molecule has 0 unspecified atom stereocenters. The zero-order chi connectivity index (χ0) is 13.9. The van der Waals surface area contributed by atoms with Crippen LogP contribution < -0.4 is 10.6 Å². The minimum absolute atomic E-state index is 0.0722. The molecule has 19 heavy (non-hydrogen) atoms. The predicted molar refractivity (Wildman–Crippen MR) is 78.3 cm³/mol. The number of rotatable bonds is 3. The summed E-state index contributed by atoms with van der Waals surface area (Å²) in [5, 5.41) is 6.38. The molecule has 1 aromatic carbocycles. The highest BCUT2D eigenvalue weighted by Crippen LogP contribution is 2.19. The lowest BCUT2D eigenvalue weighted by atomic mass is 9.92. The van der Waals surface area contributed by atoms with E-state index in [2.05, 4.69) is 37.5 Å². The second-order valence-electron chi connectivity index (χ2n) is 6.44. The molecule has 1 aliphatic rings. The number of benzene rings is 1. The van der Waals surface area contributed by atoms with Crippen LogP contribution in [0.5, 0.6) is 0 Å². The van der Waals surface area contributed by atoms with Gasteiger partial charge in [0.05, 0.1) is 0 Å². The maximum atomic E-state index is 12.3. The van der Waals surface area contributed by atoms with E-state index in [-0.39, 0.29) is 11.3 Å². The van der Waals surface area contributed by atoms with Crippen LogP contribution in [0.1, 0.15) is 48.7 Å². The molecule has 1 aliphatic heterocycles. The van der Waals surface area contributed by atoms with Crippen molar-refractivity contribution in [3.8, 4) is 0 Å². The molecule has 2 N–H and O–H groups in total. The average Bonchev–Trinajstić information content (AvgIpc) is 2.36. The summed E-state index contributed by atoms with van der Waals surface area (Å²) < 4.78 is 0. The van der Waals surface area contributed by atoms with E-state index in [0.29, 0.717) is 0 Å². The van der Waals surface area contributed by atoms with Crippen LogP contribution in [0.2, 0.25) is 0 Å². The van der Waals surface area contributed by atoms with Crippen molar-refractivity contribution in [2.24, 2.45) is 5.41 Å². The van der Waals surface area contributed by atoms with E-state index in [0.717, 1.165) is 38.0 Å². The Labute approximate surface area is 115 Å². The molecule has 1 aromatic rings. The van der Waals surface area contributed by atoms with E-state index in [9.17, 15) is 4.79 Å². The molecule has 0 saturated heterocycles. The summed E-state index contributed by atoms with van der Waals surface area (Å²) in [4.78, 5) is 12.3. The number of carbonyl (C=O) groups excluding carboxylic acids is 1. The van der Waals surface area contributed by atoms with Crippen LogP contribution >= 0.6 is 0 Å². The lowest BCUT2D eigenvalue weighted by Crippen LogP contribution is -2.31. The third-order valence-electron chi connectivity index (χ3n) is 3.55. The van der Waals surface area contributed by atoms with Gasteiger partial charge in [-0.2, -0.15) is 0 Å². The Morgan fingerprint density at radius 3 is 2.89 bits per heavy atom. The molecule has 3 nitrogen and oxygen atoms in total. The maximum absolute atomic E-state index is 12.3. The van der Waals surface area contributed by atoms with Gasteiger partial charge in [0.1, 0.15) is 0 Å². The van der Waals surface area contributed by atoms with Gasteiger partial charge in [-0.15, -0.1) is 0 Å². The van der Waals surface area contributed by atoms with Crippen molar-refractivity contribution in [2.75, 3.05) is 13.1 Å². The minimum Gasteiger partial charge on any atom is -0.352 e. The number of hydrogen-bond acceptors (Lipinski definition) is 2. The standard InChI is InChI=1S/C16H24N2O/c1-16(2,3)8-10-18-15(19)14-6-4-5-12-11-17-9-7-13(12)14/h4-6,17H,7-11H2,1-3H3,(H,18,19). The van der Waals surface area contributed by atoms with Gasteiger partial charge in [0.2, 0.25) is 0 Å². The van der Waals surface area contributed by atoms with Gasteiger partial charge in [-0.3, -0.25) is 4.79 Å². The molecule has 0 aliphatic carbocycles. The Bertz CT molecular complexity index is 460. The summed E-state index contributed by atoms with van der Waals surface area (Å²) in [7, 11) is 0. The second-order valence-corrected chi connectivity index (χ2v) is 6.44. The van der Waals surface area contributed by atoms with Crippen molar-refractivity contribution in [3.05, 3.63) is 34.9 Å². The van der Waals surface area contributed by atoms with Crippen LogP contribution in [0.15, 0.2) is 18.2 Å². The number of hydrogen-bond donors (Lipinski definition) is 2. The summed E-state index contributed by atoms with van der Waals surface area (Å²) in [5.41, 5.74) is 3.59. The zero-order valence-electron chi connectivity index (χ0n) is 12.2. The number of nitrogens with one attached hydrogen (secondary N) is 2. The second kappa shape index (κ2) is 5.74. The zero-order valence-corrected chi connectivity index (χ0v) is 12.2. The van der Waals surface area contributed by atoms with Crippen molar-refractivity contribution < 1.29 is 4.79 Å². The number of fused-ring (bicyclic) bond motifs is 1. The highest BCUT2D eigenvalue weighted by atomic mass is 16.1. The van der Waals surface area contributed by atoms with Crippen LogP contribution in [0.4, 0.5) is 0 Å². The Kier molecular flexibility index (Phi) is 4.25. The van der Waals surface area contributed by atoms with Crippen LogP contribution in [0, 0.1) is 5.41 Å². The molecule has 0 bridgehead atoms. The Balaban J connectivity index is 2.03. The first-order chi connectivity index (χ1) is 8.97. The van der Waals surface area contributed by atoms with Crippen LogP contribution in [-0.4, -0.2) is 19.0 Å². The minimum atomic E-state index is 0.0722. The molecular weight excluding hydrogens is 236 g/mol. The van der Waals surface area contributed by atoms with Crippen LogP contribution in [-0.2, 0) is 13.0 Å². The van der Waals surface area contributed by atoms with Crippen molar-refractivity contribution in [1.82, 2.24) is 10.6 Å². The van der Waals surface area contributed by atoms with Gasteiger partial charge in [-0.25, -0.2) is 0 Å². The van der Waals surface area contributed by atoms with Gasteiger partial charge in [-0.05, 0) is 42.0 Å². The molecule has 1 amide bonds. The third kappa shape index (κ3) is 3.80. The maximum Gasteiger partial charge on any atom is 0.251 e. The quantitative estimate of drug-likeness (QED) is 0.876. The first kappa shape index (κ1) is 14.1. The topological polar surface area (TPSA) is 41.1 Å². The largest absolute Gasteiger partial charge is 0.352 e. The Hall–Kier alpha value is -1.35. The highest BCUT2D eigenvalue weighted by molar-refractivity contribution is 5.96. The van der Waals surface area contributed by atoms with Crippen molar-refractivity contribution in [3.63, 3.8) is 0 Å². The van der Waals surface area contributed by atoms with E-state index in [1.54, 1.807) is 0 Å². The van der Waals surface area contributed by atoms with E-state index in [1.165, 1.54) is 11.1 Å². The molecule has 0 atom stereocenters. The molecule has 3 heteroatoms. The molecule has 104 valence electrons. The van der Waals surface area contributed by atoms with E-state index < -0.39 is 0 Å². The third-order valence-corrected chi connectivity index (χ3v) is 3.55. The molecule has 0 aromatic heterocycles. The summed E-state index contributed by atoms with van der Waals surface area (Å²) in [6.07, 6.45) is 1.94. The highest BCUT2D eigenvalue weighted by Gasteiger charge is 2.17. The fourth-order valence-electron chi connectivity index (χ4n) is 2.39. The molecule has 0 spiro atoms. The summed E-state index contributed by atoms with van der Waals surface area (Å²) in [5.74, 6) is 0.0722. The Morgan fingerprint density at radius 1 is 1.37 bits per heavy atom. The van der Waals surface area contributed by atoms with Crippen LogP contribution in [0.25, 0.3) is 0 Å². The first-order valence-corrected chi connectivity index (χ1v) is 7.07. The lowest BCUT2D eigenvalue weighted by molar-refractivity contribution is 0.0948. The number of amides is 1. The van der Waals surface area contributed by atoms with Crippen molar-refractivity contribution in [1.29, 1.82) is 0 Å². The molecule has 0 saturated carbocycles. The molecule has 0 fully saturated rings. The fraction of sp³-hybridized carbons (Fsp3) is 0.562. The molecular formula is C16H24N2O. The summed E-state index contributed by atoms with van der Waals surface area (Å²) in [6.45, 7) is 9.14. The van der Waals surface area contributed by atoms with E-state index in [4.69, 9.17) is 0 Å². The van der Waals surface area contributed by atoms with E-state index in [1.807, 2.05) is 12.1 Å². The van der Waals surface area contributed by atoms with E-state index >= 15 is 0 Å². The van der Waals surface area contributed by atoms with Gasteiger partial charge in [-0.1, -0.05) is 32.9 Å². The SMILES string of the molecule is CC(C)(C)CCNC(=O)c1cccc2c1CCNC2. The smallest absolute Gasteiger partial charge is 0.251 e. The normalized spacial score (nSPS) is 14.9. The van der Waals surface area contributed by atoms with Gasteiger partial charge in [0, 0.05) is 18.7 Å². The van der Waals surface area contributed by atoms with Gasteiger partial charge in [0.15, 0.2) is 0 Å². The van der Waals surface area contributed by atoms with Crippen molar-refractivity contribution in [2.45, 2.75) is 40.2 Å². The average molecular weight is 260 g/mol.